The summed E-state index contributed by atoms with van der Waals surface area (Å²) in [6, 6.07) is 16.5. The van der Waals surface area contributed by atoms with Crippen LogP contribution in [0.1, 0.15) is 42.4 Å². The summed E-state index contributed by atoms with van der Waals surface area (Å²) in [5.41, 5.74) is 16.1. The second-order valence-electron chi connectivity index (χ2n) is 9.49. The summed E-state index contributed by atoms with van der Waals surface area (Å²) in [6.45, 7) is 5.45. The number of amidine groups is 1. The molecule has 0 radical (unpaired) electrons. The lowest BCUT2D eigenvalue weighted by molar-refractivity contribution is 0.225. The predicted molar refractivity (Wildman–Crippen MR) is 144 cm³/mol. The van der Waals surface area contributed by atoms with Gasteiger partial charge >= 0.3 is 0 Å². The summed E-state index contributed by atoms with van der Waals surface area (Å²) in [6.07, 6.45) is 6.94. The summed E-state index contributed by atoms with van der Waals surface area (Å²) in [7, 11) is 0. The lowest BCUT2D eigenvalue weighted by Crippen LogP contribution is -2.40. The maximum absolute atomic E-state index is 8.99. The Morgan fingerprint density at radius 2 is 1.89 bits per heavy atom. The summed E-state index contributed by atoms with van der Waals surface area (Å²) in [5, 5.41) is 20.4. The van der Waals surface area contributed by atoms with Crippen LogP contribution in [0.15, 0.2) is 53.7 Å². The quantitative estimate of drug-likeness (QED) is 0.0594. The van der Waals surface area contributed by atoms with E-state index in [2.05, 4.69) is 49.9 Å². The van der Waals surface area contributed by atoms with E-state index in [1.807, 2.05) is 24.3 Å². The van der Waals surface area contributed by atoms with Crippen molar-refractivity contribution in [2.75, 3.05) is 38.6 Å². The zero-order chi connectivity index (χ0) is 24.5. The monoisotopic (exact) mass is 477 g/mol. The molecule has 0 spiro atoms. The van der Waals surface area contributed by atoms with Crippen LogP contribution in [0.5, 0.6) is 0 Å². The molecule has 0 bridgehead atoms. The van der Waals surface area contributed by atoms with Crippen LogP contribution in [0.4, 0.5) is 5.82 Å². The highest BCUT2D eigenvalue weighted by atomic mass is 16.4. The van der Waals surface area contributed by atoms with Crippen molar-refractivity contribution in [1.82, 2.24) is 20.5 Å². The third-order valence-electron chi connectivity index (χ3n) is 6.91. The van der Waals surface area contributed by atoms with Gasteiger partial charge in [0.05, 0.1) is 0 Å². The Balaban J connectivity index is 1.38. The van der Waals surface area contributed by atoms with Crippen LogP contribution in [0.3, 0.4) is 0 Å². The van der Waals surface area contributed by atoms with Crippen molar-refractivity contribution in [2.45, 2.75) is 44.6 Å². The number of hydrogen-bond acceptors (Lipinski definition) is 6. The van der Waals surface area contributed by atoms with E-state index >= 15 is 0 Å². The number of nitrogens with one attached hydrogen (secondary N) is 3. The van der Waals surface area contributed by atoms with Crippen LogP contribution in [0.2, 0.25) is 0 Å². The number of anilines is 1. The highest BCUT2D eigenvalue weighted by Crippen LogP contribution is 2.27. The van der Waals surface area contributed by atoms with E-state index < -0.39 is 0 Å². The molecule has 1 aliphatic rings. The minimum Gasteiger partial charge on any atom is -0.409 e. The van der Waals surface area contributed by atoms with Crippen molar-refractivity contribution < 1.29 is 5.21 Å². The molecule has 4 rings (SSSR count). The Morgan fingerprint density at radius 1 is 1.09 bits per heavy atom. The Labute approximate surface area is 207 Å². The molecule has 8 N–H and O–H groups in total. The molecule has 2 aromatic carbocycles. The number of likely N-dealkylation sites (tertiary alicyclic amines) is 1. The molecule has 3 aromatic rings. The second-order valence-corrected chi connectivity index (χ2v) is 9.49. The average molecular weight is 478 g/mol. The number of hydrogen-bond donors (Lipinski definition) is 6. The van der Waals surface area contributed by atoms with Gasteiger partial charge in [0.15, 0.2) is 5.84 Å². The van der Waals surface area contributed by atoms with E-state index in [1.54, 1.807) is 0 Å². The lowest BCUT2D eigenvalue weighted by atomic mass is 9.97. The first-order valence-corrected chi connectivity index (χ1v) is 12.7. The minimum atomic E-state index is 0.0802. The summed E-state index contributed by atoms with van der Waals surface area (Å²) >= 11 is 0. The Hall–Kier alpha value is -3.07. The first kappa shape index (κ1) is 25.0. The molecule has 8 nitrogen and oxygen atoms in total. The standard InChI is InChI=1S/C27H39N7O/c28-26(33-35)21-10-11-23-24(27(29)32-25(23)17-21)18-22(16-20-8-3-1-4-9-20)31-19-30-12-7-15-34-13-5-2-6-14-34/h1,3-4,8-11,17,22,30-32,35H,2,5-7,12-16,18-19,29H2,(H2,28,33). The van der Waals surface area contributed by atoms with Crippen LogP contribution >= 0.6 is 0 Å². The molecule has 8 heteroatoms. The van der Waals surface area contributed by atoms with Crippen molar-refractivity contribution in [3.63, 3.8) is 0 Å². The van der Waals surface area contributed by atoms with Crippen LogP contribution < -0.4 is 22.1 Å². The van der Waals surface area contributed by atoms with Gasteiger partial charge in [0.1, 0.15) is 5.82 Å². The SMILES string of the molecule is N/C(=N\O)c1ccc2c(CC(Cc3ccccc3)NCNCCCN3CCCCC3)c(N)[nH]c2c1. The first-order chi connectivity index (χ1) is 17.1. The van der Waals surface area contributed by atoms with E-state index in [1.165, 1.54) is 50.9 Å². The topological polar surface area (TPSA) is 128 Å². The van der Waals surface area contributed by atoms with Crippen LogP contribution in [-0.4, -0.2) is 59.8 Å². The Kier molecular flexibility index (Phi) is 9.00. The number of aromatic nitrogens is 1. The second kappa shape index (κ2) is 12.6. The molecule has 2 heterocycles. The van der Waals surface area contributed by atoms with Crippen LogP contribution in [-0.2, 0) is 12.8 Å². The van der Waals surface area contributed by atoms with E-state index in [0.717, 1.165) is 42.5 Å². The predicted octanol–water partition coefficient (Wildman–Crippen LogP) is 3.01. The fraction of sp³-hybridized carbons (Fsp3) is 0.444. The van der Waals surface area contributed by atoms with Gasteiger partial charge in [-0.2, -0.15) is 0 Å². The maximum Gasteiger partial charge on any atom is 0.170 e. The number of nitrogens with two attached hydrogens (primary N) is 2. The van der Waals surface area contributed by atoms with Crippen LogP contribution in [0, 0.1) is 0 Å². The van der Waals surface area contributed by atoms with E-state index in [4.69, 9.17) is 16.7 Å². The summed E-state index contributed by atoms with van der Waals surface area (Å²) < 4.78 is 0. The number of piperidine rings is 1. The zero-order valence-corrected chi connectivity index (χ0v) is 20.5. The fourth-order valence-electron chi connectivity index (χ4n) is 4.99. The molecular weight excluding hydrogens is 438 g/mol. The van der Waals surface area contributed by atoms with Crippen molar-refractivity contribution in [2.24, 2.45) is 10.9 Å². The number of rotatable bonds is 12. The molecule has 0 amide bonds. The summed E-state index contributed by atoms with van der Waals surface area (Å²) in [5.74, 6) is 0.739. The smallest absolute Gasteiger partial charge is 0.170 e. The van der Waals surface area contributed by atoms with E-state index in [0.29, 0.717) is 11.4 Å². The average Bonchev–Trinajstić information content (AvgIpc) is 3.20. The molecule has 35 heavy (non-hydrogen) atoms. The minimum absolute atomic E-state index is 0.0802. The van der Waals surface area contributed by atoms with Crippen molar-refractivity contribution >= 4 is 22.6 Å². The Morgan fingerprint density at radius 3 is 2.66 bits per heavy atom. The number of fused-ring (bicyclic) bond motifs is 1. The molecule has 1 atom stereocenters. The maximum atomic E-state index is 8.99. The molecule has 1 fully saturated rings. The van der Waals surface area contributed by atoms with Gasteiger partial charge in [-0.15, -0.1) is 0 Å². The normalized spacial score (nSPS) is 16.1. The number of oxime groups is 1. The third-order valence-corrected chi connectivity index (χ3v) is 6.91. The highest BCUT2D eigenvalue weighted by molar-refractivity contribution is 6.01. The van der Waals surface area contributed by atoms with E-state index in [9.17, 15) is 0 Å². The summed E-state index contributed by atoms with van der Waals surface area (Å²) in [4.78, 5) is 5.85. The van der Waals surface area contributed by atoms with Crippen molar-refractivity contribution in [3.05, 3.63) is 65.2 Å². The molecule has 1 unspecified atom stereocenters. The molecule has 0 aliphatic carbocycles. The van der Waals surface area contributed by atoms with Gasteiger partial charge in [-0.3, -0.25) is 0 Å². The van der Waals surface area contributed by atoms with Crippen LogP contribution in [0.25, 0.3) is 10.9 Å². The highest BCUT2D eigenvalue weighted by Gasteiger charge is 2.17. The van der Waals surface area contributed by atoms with E-state index in [-0.39, 0.29) is 11.9 Å². The molecule has 1 saturated heterocycles. The zero-order valence-electron chi connectivity index (χ0n) is 20.5. The Bertz CT molecular complexity index is 1090. The fourth-order valence-corrected chi connectivity index (χ4v) is 4.99. The van der Waals surface area contributed by atoms with Gasteiger partial charge in [-0.25, -0.2) is 0 Å². The molecular formula is C27H39N7O. The number of nitrogen functional groups attached to an aromatic ring is 1. The lowest BCUT2D eigenvalue weighted by Gasteiger charge is -2.26. The van der Waals surface area contributed by atoms with Gasteiger partial charge < -0.3 is 37.2 Å². The number of H-pyrrole nitrogens is 1. The molecule has 188 valence electrons. The largest absolute Gasteiger partial charge is 0.409 e. The molecule has 1 aromatic heterocycles. The van der Waals surface area contributed by atoms with Gasteiger partial charge in [0.2, 0.25) is 0 Å². The number of aromatic amines is 1. The van der Waals surface area contributed by atoms with Gasteiger partial charge in [0.25, 0.3) is 0 Å². The van der Waals surface area contributed by atoms with Gasteiger partial charge in [-0.05, 0) is 69.9 Å². The van der Waals surface area contributed by atoms with Crippen molar-refractivity contribution in [3.8, 4) is 0 Å². The van der Waals surface area contributed by atoms with Crippen molar-refractivity contribution in [1.29, 1.82) is 0 Å². The third kappa shape index (κ3) is 6.97. The first-order valence-electron chi connectivity index (χ1n) is 12.7. The molecule has 1 aliphatic heterocycles. The van der Waals surface area contributed by atoms with Gasteiger partial charge in [-0.1, -0.05) is 54.0 Å². The van der Waals surface area contributed by atoms with Gasteiger partial charge in [0, 0.05) is 34.7 Å². The molecule has 0 saturated carbocycles. The number of benzene rings is 2. The number of nitrogens with zero attached hydrogens (tertiary/aromatic N) is 2.